The summed E-state index contributed by atoms with van der Waals surface area (Å²) in [5, 5.41) is 3.41. The first-order valence-corrected chi connectivity index (χ1v) is 7.46. The average Bonchev–Trinajstić information content (AvgIpc) is 2.38. The van der Waals surface area contributed by atoms with Gasteiger partial charge in [-0.3, -0.25) is 9.69 Å². The Morgan fingerprint density at radius 1 is 1.40 bits per heavy atom. The molecule has 0 saturated carbocycles. The number of amides is 1. The second-order valence-corrected chi connectivity index (χ2v) is 6.02. The number of carbonyl (C=O) groups excluding carboxylic acids is 1. The van der Waals surface area contributed by atoms with Crippen LogP contribution in [-0.2, 0) is 4.79 Å². The fourth-order valence-electron chi connectivity index (χ4n) is 2.78. The molecule has 1 aromatic rings. The van der Waals surface area contributed by atoms with Crippen molar-refractivity contribution in [3.05, 3.63) is 23.2 Å². The molecule has 1 fully saturated rings. The van der Waals surface area contributed by atoms with E-state index in [9.17, 15) is 4.79 Å². The third-order valence-electron chi connectivity index (χ3n) is 3.99. The lowest BCUT2D eigenvalue weighted by molar-refractivity contribution is -0.118. The van der Waals surface area contributed by atoms with Crippen molar-refractivity contribution in [1.82, 2.24) is 4.90 Å². The van der Waals surface area contributed by atoms with Crippen molar-refractivity contribution in [2.75, 3.05) is 17.6 Å². The minimum Gasteiger partial charge on any atom is -0.397 e. The smallest absolute Gasteiger partial charge is 0.238 e. The Morgan fingerprint density at radius 2 is 2.05 bits per heavy atom. The lowest BCUT2D eigenvalue weighted by Gasteiger charge is -2.38. The Balaban J connectivity index is 1.99. The fraction of sp³-hybridized carbons (Fsp3) is 0.533. The molecule has 1 aromatic carbocycles. The lowest BCUT2D eigenvalue weighted by Crippen LogP contribution is -2.47. The molecule has 0 unspecified atom stereocenters. The van der Waals surface area contributed by atoms with Crippen molar-refractivity contribution in [2.24, 2.45) is 0 Å². The van der Waals surface area contributed by atoms with Gasteiger partial charge in [-0.2, -0.15) is 0 Å². The minimum absolute atomic E-state index is 0.0421. The first-order chi connectivity index (χ1) is 9.47. The monoisotopic (exact) mass is 295 g/mol. The van der Waals surface area contributed by atoms with E-state index < -0.39 is 0 Å². The molecule has 1 amide bonds. The summed E-state index contributed by atoms with van der Waals surface area (Å²) in [5.41, 5.74) is 6.95. The molecule has 20 heavy (non-hydrogen) atoms. The molecular weight excluding hydrogens is 274 g/mol. The Kier molecular flexibility index (Phi) is 4.89. The number of likely N-dealkylation sites (tertiary alicyclic amines) is 1. The molecule has 1 aliphatic rings. The van der Waals surface area contributed by atoms with Gasteiger partial charge in [-0.05, 0) is 44.9 Å². The van der Waals surface area contributed by atoms with Crippen molar-refractivity contribution in [3.8, 4) is 0 Å². The van der Waals surface area contributed by atoms with Crippen LogP contribution in [0.1, 0.15) is 33.1 Å². The summed E-state index contributed by atoms with van der Waals surface area (Å²) in [6.45, 7) is 4.75. The quantitative estimate of drug-likeness (QED) is 0.842. The maximum absolute atomic E-state index is 12.2. The standard InChI is InChI=1S/C15H22ClN3O/c1-10-4-3-5-11(2)19(10)9-15(20)18-14-8-12(16)6-7-13(14)17/h6-8,10-11H,3-5,9,17H2,1-2H3,(H,18,20)/t10-,11+. The minimum atomic E-state index is -0.0421. The molecule has 0 bridgehead atoms. The van der Waals surface area contributed by atoms with Gasteiger partial charge in [-0.1, -0.05) is 18.0 Å². The van der Waals surface area contributed by atoms with Crippen LogP contribution >= 0.6 is 11.6 Å². The van der Waals surface area contributed by atoms with Crippen LogP contribution in [-0.4, -0.2) is 29.4 Å². The topological polar surface area (TPSA) is 58.4 Å². The number of nitrogens with two attached hydrogens (primary N) is 1. The fourth-order valence-corrected chi connectivity index (χ4v) is 2.95. The van der Waals surface area contributed by atoms with Gasteiger partial charge in [0.1, 0.15) is 0 Å². The van der Waals surface area contributed by atoms with Crippen molar-refractivity contribution >= 4 is 28.9 Å². The van der Waals surface area contributed by atoms with Gasteiger partial charge in [0.2, 0.25) is 5.91 Å². The largest absolute Gasteiger partial charge is 0.397 e. The van der Waals surface area contributed by atoms with E-state index in [1.165, 1.54) is 6.42 Å². The number of benzene rings is 1. The van der Waals surface area contributed by atoms with E-state index >= 15 is 0 Å². The van der Waals surface area contributed by atoms with Crippen LogP contribution in [0.25, 0.3) is 0 Å². The zero-order chi connectivity index (χ0) is 14.7. The number of hydrogen-bond acceptors (Lipinski definition) is 3. The highest BCUT2D eigenvalue weighted by molar-refractivity contribution is 6.31. The second kappa shape index (κ2) is 6.46. The predicted octanol–water partition coefficient (Wildman–Crippen LogP) is 3.12. The van der Waals surface area contributed by atoms with Gasteiger partial charge in [0, 0.05) is 17.1 Å². The summed E-state index contributed by atoms with van der Waals surface area (Å²) in [6, 6.07) is 5.98. The van der Waals surface area contributed by atoms with E-state index in [4.69, 9.17) is 17.3 Å². The number of halogens is 1. The van der Waals surface area contributed by atoms with E-state index in [1.807, 2.05) is 0 Å². The van der Waals surface area contributed by atoms with Crippen LogP contribution in [0.15, 0.2) is 18.2 Å². The van der Waals surface area contributed by atoms with E-state index in [-0.39, 0.29) is 5.91 Å². The number of anilines is 2. The summed E-state index contributed by atoms with van der Waals surface area (Å²) in [5.74, 6) is -0.0421. The first-order valence-electron chi connectivity index (χ1n) is 7.08. The molecule has 1 saturated heterocycles. The van der Waals surface area contributed by atoms with Crippen LogP contribution in [0.2, 0.25) is 5.02 Å². The number of nitrogens with zero attached hydrogens (tertiary/aromatic N) is 1. The zero-order valence-corrected chi connectivity index (χ0v) is 12.8. The maximum Gasteiger partial charge on any atom is 0.238 e. The highest BCUT2D eigenvalue weighted by Crippen LogP contribution is 2.24. The van der Waals surface area contributed by atoms with Crippen molar-refractivity contribution in [3.63, 3.8) is 0 Å². The number of nitrogens with one attached hydrogen (secondary N) is 1. The molecule has 1 heterocycles. The van der Waals surface area contributed by atoms with Crippen LogP contribution in [0.4, 0.5) is 11.4 Å². The van der Waals surface area contributed by atoms with Gasteiger partial charge in [-0.15, -0.1) is 0 Å². The molecule has 5 heteroatoms. The molecule has 0 radical (unpaired) electrons. The van der Waals surface area contributed by atoms with E-state index in [1.54, 1.807) is 18.2 Å². The third-order valence-corrected chi connectivity index (χ3v) is 4.23. The molecular formula is C15H22ClN3O. The average molecular weight is 296 g/mol. The van der Waals surface area contributed by atoms with Gasteiger partial charge in [0.25, 0.3) is 0 Å². The summed E-state index contributed by atoms with van der Waals surface area (Å²) in [7, 11) is 0. The Morgan fingerprint density at radius 3 is 2.70 bits per heavy atom. The summed E-state index contributed by atoms with van der Waals surface area (Å²) in [4.78, 5) is 14.4. The maximum atomic E-state index is 12.2. The molecule has 0 aromatic heterocycles. The molecule has 0 aliphatic carbocycles. The van der Waals surface area contributed by atoms with Crippen LogP contribution in [0.3, 0.4) is 0 Å². The zero-order valence-electron chi connectivity index (χ0n) is 12.0. The van der Waals surface area contributed by atoms with Crippen LogP contribution in [0, 0.1) is 0 Å². The summed E-state index contributed by atoms with van der Waals surface area (Å²) in [6.07, 6.45) is 3.54. The molecule has 110 valence electrons. The van der Waals surface area contributed by atoms with Crippen molar-refractivity contribution in [1.29, 1.82) is 0 Å². The number of rotatable bonds is 3. The normalized spacial score (nSPS) is 23.6. The van der Waals surface area contributed by atoms with E-state index in [2.05, 4.69) is 24.1 Å². The predicted molar refractivity (Wildman–Crippen MR) is 84.0 cm³/mol. The number of carbonyl (C=O) groups is 1. The molecule has 2 atom stereocenters. The SMILES string of the molecule is C[C@@H]1CCC[C@H](C)N1CC(=O)Nc1cc(Cl)ccc1N. The highest BCUT2D eigenvalue weighted by Gasteiger charge is 2.26. The van der Waals surface area contributed by atoms with Gasteiger partial charge < -0.3 is 11.1 Å². The molecule has 4 nitrogen and oxygen atoms in total. The van der Waals surface area contributed by atoms with Crippen molar-refractivity contribution in [2.45, 2.75) is 45.2 Å². The van der Waals surface area contributed by atoms with Gasteiger partial charge in [0.15, 0.2) is 0 Å². The van der Waals surface area contributed by atoms with Crippen LogP contribution in [0.5, 0.6) is 0 Å². The van der Waals surface area contributed by atoms with Gasteiger partial charge in [-0.25, -0.2) is 0 Å². The number of hydrogen-bond donors (Lipinski definition) is 2. The lowest BCUT2D eigenvalue weighted by atomic mass is 9.97. The van der Waals surface area contributed by atoms with Crippen molar-refractivity contribution < 1.29 is 4.79 Å². The molecule has 0 spiro atoms. The number of piperidine rings is 1. The van der Waals surface area contributed by atoms with E-state index in [0.29, 0.717) is 35.0 Å². The van der Waals surface area contributed by atoms with Crippen LogP contribution < -0.4 is 11.1 Å². The Labute approximate surface area is 125 Å². The summed E-state index contributed by atoms with van der Waals surface area (Å²) >= 11 is 5.92. The second-order valence-electron chi connectivity index (χ2n) is 5.58. The molecule has 1 aliphatic heterocycles. The number of nitrogen functional groups attached to an aromatic ring is 1. The Hall–Kier alpha value is -1.26. The highest BCUT2D eigenvalue weighted by atomic mass is 35.5. The molecule has 2 rings (SSSR count). The van der Waals surface area contributed by atoms with E-state index in [0.717, 1.165) is 12.8 Å². The van der Waals surface area contributed by atoms with Gasteiger partial charge >= 0.3 is 0 Å². The summed E-state index contributed by atoms with van der Waals surface area (Å²) < 4.78 is 0. The first kappa shape index (κ1) is 15.1. The molecule has 3 N–H and O–H groups in total. The third kappa shape index (κ3) is 3.64. The van der Waals surface area contributed by atoms with Gasteiger partial charge in [0.05, 0.1) is 17.9 Å². The Bertz CT molecular complexity index is 482.